The number of benzene rings is 1. The molecule has 1 aromatic rings. The summed E-state index contributed by atoms with van der Waals surface area (Å²) in [7, 11) is 1.81. The van der Waals surface area contributed by atoms with Crippen LogP contribution in [0.15, 0.2) is 18.2 Å². The molecular formula is C14H23ClN2O3. The molecule has 0 spiro atoms. The van der Waals surface area contributed by atoms with Gasteiger partial charge in [-0.1, -0.05) is 0 Å². The van der Waals surface area contributed by atoms with Crippen LogP contribution in [0.25, 0.3) is 0 Å². The third-order valence-corrected chi connectivity index (χ3v) is 2.44. The molecule has 0 aromatic heterocycles. The summed E-state index contributed by atoms with van der Waals surface area (Å²) in [5.41, 5.74) is 0.647. The summed E-state index contributed by atoms with van der Waals surface area (Å²) >= 11 is 0. The fourth-order valence-electron chi connectivity index (χ4n) is 1.60. The van der Waals surface area contributed by atoms with Gasteiger partial charge in [-0.25, -0.2) is 0 Å². The molecule has 2 N–H and O–H groups in total. The fourth-order valence-corrected chi connectivity index (χ4v) is 1.60. The highest BCUT2D eigenvalue weighted by atomic mass is 35.5. The number of nitrogens with one attached hydrogen (secondary N) is 2. The Morgan fingerprint density at radius 3 is 2.50 bits per heavy atom. The van der Waals surface area contributed by atoms with Gasteiger partial charge in [0.15, 0.2) is 0 Å². The monoisotopic (exact) mass is 302 g/mol. The Hall–Kier alpha value is -1.46. The first-order valence-electron chi connectivity index (χ1n) is 6.55. The van der Waals surface area contributed by atoms with Crippen LogP contribution in [0.2, 0.25) is 0 Å². The molecule has 0 atom stereocenters. The second-order valence-electron chi connectivity index (χ2n) is 3.93. The van der Waals surface area contributed by atoms with Crippen molar-refractivity contribution in [3.8, 4) is 11.5 Å². The van der Waals surface area contributed by atoms with Crippen LogP contribution < -0.4 is 20.1 Å². The third kappa shape index (κ3) is 6.12. The summed E-state index contributed by atoms with van der Waals surface area (Å²) in [6, 6.07) is 5.42. The third-order valence-electron chi connectivity index (χ3n) is 2.44. The molecule has 0 aliphatic carbocycles. The van der Waals surface area contributed by atoms with Crippen LogP contribution in [0.3, 0.4) is 0 Å². The van der Waals surface area contributed by atoms with Gasteiger partial charge in [-0.2, -0.15) is 0 Å². The Morgan fingerprint density at radius 1 is 1.20 bits per heavy atom. The maximum Gasteiger partial charge on any atom is 0.225 e. The number of amides is 1. The van der Waals surface area contributed by atoms with Crippen molar-refractivity contribution >= 4 is 24.0 Å². The quantitative estimate of drug-likeness (QED) is 0.774. The summed E-state index contributed by atoms with van der Waals surface area (Å²) in [4.78, 5) is 11.7. The van der Waals surface area contributed by atoms with Crippen LogP contribution in [-0.2, 0) is 4.79 Å². The first-order valence-corrected chi connectivity index (χ1v) is 6.55. The lowest BCUT2D eigenvalue weighted by molar-refractivity contribution is -0.116. The van der Waals surface area contributed by atoms with Gasteiger partial charge in [-0.3, -0.25) is 4.79 Å². The topological polar surface area (TPSA) is 59.6 Å². The lowest BCUT2D eigenvalue weighted by Crippen LogP contribution is -2.19. The lowest BCUT2D eigenvalue weighted by Gasteiger charge is -2.13. The zero-order valence-electron chi connectivity index (χ0n) is 12.2. The number of ether oxygens (including phenoxy) is 2. The molecule has 0 heterocycles. The van der Waals surface area contributed by atoms with E-state index in [1.54, 1.807) is 6.07 Å². The highest BCUT2D eigenvalue weighted by molar-refractivity contribution is 5.92. The fraction of sp³-hybridized carbons (Fsp3) is 0.500. The van der Waals surface area contributed by atoms with Crippen LogP contribution in [-0.4, -0.2) is 32.7 Å². The number of rotatable bonds is 8. The van der Waals surface area contributed by atoms with Gasteiger partial charge in [0.1, 0.15) is 11.5 Å². The predicted octanol–water partition coefficient (Wildman–Crippen LogP) is 2.45. The van der Waals surface area contributed by atoms with Gasteiger partial charge in [0, 0.05) is 19.0 Å². The Balaban J connectivity index is 0.00000361. The molecule has 20 heavy (non-hydrogen) atoms. The van der Waals surface area contributed by atoms with Crippen LogP contribution in [0.1, 0.15) is 20.3 Å². The first-order chi connectivity index (χ1) is 9.21. The molecule has 0 aliphatic heterocycles. The summed E-state index contributed by atoms with van der Waals surface area (Å²) in [6.07, 6.45) is 0.418. The molecule has 0 saturated carbocycles. The molecule has 114 valence electrons. The van der Waals surface area contributed by atoms with Crippen molar-refractivity contribution in [1.29, 1.82) is 0 Å². The van der Waals surface area contributed by atoms with Crippen molar-refractivity contribution in [3.05, 3.63) is 18.2 Å². The van der Waals surface area contributed by atoms with E-state index < -0.39 is 0 Å². The van der Waals surface area contributed by atoms with Crippen LogP contribution in [0.4, 0.5) is 5.69 Å². The summed E-state index contributed by atoms with van der Waals surface area (Å²) in [5.74, 6) is 1.32. The van der Waals surface area contributed by atoms with Crippen molar-refractivity contribution in [2.45, 2.75) is 20.3 Å². The zero-order valence-corrected chi connectivity index (χ0v) is 13.0. The van der Waals surface area contributed by atoms with Crippen molar-refractivity contribution in [2.75, 3.05) is 32.1 Å². The summed E-state index contributed by atoms with van der Waals surface area (Å²) < 4.78 is 10.9. The SMILES string of the molecule is CCOc1ccc(OCC)c(NC(=O)CCNC)c1.Cl. The molecule has 6 heteroatoms. The molecule has 5 nitrogen and oxygen atoms in total. The minimum Gasteiger partial charge on any atom is -0.494 e. The average molecular weight is 303 g/mol. The van der Waals surface area contributed by atoms with E-state index in [1.165, 1.54) is 0 Å². The molecule has 0 aliphatic rings. The summed E-state index contributed by atoms with van der Waals surface area (Å²) in [5, 5.41) is 5.78. The molecule has 1 amide bonds. The van der Waals surface area contributed by atoms with E-state index in [4.69, 9.17) is 9.47 Å². The Labute approximate surface area is 126 Å². The van der Waals surface area contributed by atoms with Crippen LogP contribution >= 0.6 is 12.4 Å². The van der Waals surface area contributed by atoms with E-state index in [0.29, 0.717) is 37.6 Å². The van der Waals surface area contributed by atoms with Gasteiger partial charge in [-0.05, 0) is 33.0 Å². The van der Waals surface area contributed by atoms with Crippen molar-refractivity contribution in [3.63, 3.8) is 0 Å². The molecular weight excluding hydrogens is 280 g/mol. The Bertz CT molecular complexity index is 413. The molecule has 0 saturated heterocycles. The lowest BCUT2D eigenvalue weighted by atomic mass is 10.2. The van der Waals surface area contributed by atoms with E-state index in [-0.39, 0.29) is 18.3 Å². The minimum absolute atomic E-state index is 0. The van der Waals surface area contributed by atoms with Gasteiger partial charge < -0.3 is 20.1 Å². The molecule has 0 bridgehead atoms. The van der Waals surface area contributed by atoms with Crippen molar-refractivity contribution in [1.82, 2.24) is 5.32 Å². The normalized spacial score (nSPS) is 9.55. The summed E-state index contributed by atoms with van der Waals surface area (Å²) in [6.45, 7) is 5.60. The Morgan fingerprint density at radius 2 is 1.90 bits per heavy atom. The zero-order chi connectivity index (χ0) is 14.1. The number of carbonyl (C=O) groups excluding carboxylic acids is 1. The smallest absolute Gasteiger partial charge is 0.225 e. The van der Waals surface area contributed by atoms with E-state index >= 15 is 0 Å². The molecule has 0 radical (unpaired) electrons. The van der Waals surface area contributed by atoms with Crippen LogP contribution in [0, 0.1) is 0 Å². The molecule has 0 fully saturated rings. The second kappa shape index (κ2) is 10.3. The van der Waals surface area contributed by atoms with Gasteiger partial charge in [0.25, 0.3) is 0 Å². The standard InChI is InChI=1S/C14H22N2O3.ClH/c1-4-18-11-6-7-13(19-5-2)12(10-11)16-14(17)8-9-15-3;/h6-7,10,15H,4-5,8-9H2,1-3H3,(H,16,17);1H. The number of carbonyl (C=O) groups is 1. The van der Waals surface area contributed by atoms with Gasteiger partial charge in [0.2, 0.25) is 5.91 Å². The van der Waals surface area contributed by atoms with E-state index in [2.05, 4.69) is 10.6 Å². The maximum absolute atomic E-state index is 11.7. The van der Waals surface area contributed by atoms with Gasteiger partial charge >= 0.3 is 0 Å². The largest absolute Gasteiger partial charge is 0.494 e. The van der Waals surface area contributed by atoms with Crippen molar-refractivity contribution < 1.29 is 14.3 Å². The van der Waals surface area contributed by atoms with Crippen molar-refractivity contribution in [2.24, 2.45) is 0 Å². The molecule has 1 aromatic carbocycles. The number of anilines is 1. The van der Waals surface area contributed by atoms with Crippen LogP contribution in [0.5, 0.6) is 11.5 Å². The molecule has 0 unspecified atom stereocenters. The van der Waals surface area contributed by atoms with E-state index in [9.17, 15) is 4.79 Å². The Kier molecular flexibility index (Phi) is 9.59. The minimum atomic E-state index is -0.0519. The van der Waals surface area contributed by atoms with E-state index in [0.717, 1.165) is 5.75 Å². The molecule has 1 rings (SSSR count). The predicted molar refractivity (Wildman–Crippen MR) is 83.2 cm³/mol. The number of hydrogen-bond acceptors (Lipinski definition) is 4. The van der Waals surface area contributed by atoms with Gasteiger partial charge in [0.05, 0.1) is 18.9 Å². The first kappa shape index (κ1) is 18.5. The number of halogens is 1. The van der Waals surface area contributed by atoms with Gasteiger partial charge in [-0.15, -0.1) is 12.4 Å². The highest BCUT2D eigenvalue weighted by Gasteiger charge is 2.09. The average Bonchev–Trinajstić information content (AvgIpc) is 2.40. The second-order valence-corrected chi connectivity index (χ2v) is 3.93. The maximum atomic E-state index is 11.7. The van der Waals surface area contributed by atoms with E-state index in [1.807, 2.05) is 33.0 Å². The number of hydrogen-bond donors (Lipinski definition) is 2. The highest BCUT2D eigenvalue weighted by Crippen LogP contribution is 2.29.